The molecule has 0 saturated carbocycles. The molecule has 0 radical (unpaired) electrons. The Morgan fingerprint density at radius 1 is 1.44 bits per heavy atom. The van der Waals surface area contributed by atoms with Gasteiger partial charge in [-0.15, -0.1) is 0 Å². The number of nitrogens with one attached hydrogen (secondary N) is 1. The van der Waals surface area contributed by atoms with E-state index < -0.39 is 0 Å². The lowest BCUT2D eigenvalue weighted by atomic mass is 9.99. The van der Waals surface area contributed by atoms with Crippen LogP contribution in [0.4, 0.5) is 0 Å². The predicted octanol–water partition coefficient (Wildman–Crippen LogP) is 2.63. The highest BCUT2D eigenvalue weighted by Gasteiger charge is 2.23. The first-order valence-electron chi connectivity index (χ1n) is 6.10. The Labute approximate surface area is 118 Å². The molecule has 4 heteroatoms. The molecule has 0 aliphatic carbocycles. The van der Waals surface area contributed by atoms with E-state index in [-0.39, 0.29) is 12.1 Å². The average molecular weight is 316 g/mol. The van der Waals surface area contributed by atoms with E-state index in [4.69, 9.17) is 9.84 Å². The van der Waals surface area contributed by atoms with E-state index in [0.29, 0.717) is 13.0 Å². The molecular formula is C14H22BrNO2. The highest BCUT2D eigenvalue weighted by Crippen LogP contribution is 2.19. The molecule has 1 atom stereocenters. The van der Waals surface area contributed by atoms with Crippen LogP contribution in [0.5, 0.6) is 0 Å². The van der Waals surface area contributed by atoms with Crippen LogP contribution in [0.3, 0.4) is 0 Å². The molecule has 0 spiro atoms. The van der Waals surface area contributed by atoms with Gasteiger partial charge in [0.05, 0.1) is 6.61 Å². The number of ether oxygens (including phenoxy) is 1. The average Bonchev–Trinajstić information content (AvgIpc) is 2.28. The zero-order chi connectivity index (χ0) is 13.6. The molecule has 1 aromatic carbocycles. The van der Waals surface area contributed by atoms with Crippen LogP contribution in [0, 0.1) is 6.92 Å². The summed E-state index contributed by atoms with van der Waals surface area (Å²) in [6.45, 7) is 5.62. The topological polar surface area (TPSA) is 41.5 Å². The van der Waals surface area contributed by atoms with Crippen LogP contribution < -0.4 is 5.32 Å². The number of methoxy groups -OCH3 is 1. The minimum Gasteiger partial charge on any atom is -0.396 e. The Hall–Kier alpha value is -0.420. The van der Waals surface area contributed by atoms with Gasteiger partial charge in [-0.25, -0.2) is 0 Å². The minimum absolute atomic E-state index is 0.155. The Kier molecular flexibility index (Phi) is 6.29. The SMILES string of the molecule is COC[C@@](C)(CCO)NCc1ccc(C)cc1Br. The van der Waals surface area contributed by atoms with Gasteiger partial charge in [-0.2, -0.15) is 0 Å². The summed E-state index contributed by atoms with van der Waals surface area (Å²) in [5.41, 5.74) is 2.25. The molecule has 0 unspecified atom stereocenters. The smallest absolute Gasteiger partial charge is 0.0642 e. The minimum atomic E-state index is -0.201. The van der Waals surface area contributed by atoms with Crippen molar-refractivity contribution in [2.24, 2.45) is 0 Å². The number of aliphatic hydroxyl groups is 1. The summed E-state index contributed by atoms with van der Waals surface area (Å²) in [5, 5.41) is 12.6. The second kappa shape index (κ2) is 7.24. The monoisotopic (exact) mass is 315 g/mol. The van der Waals surface area contributed by atoms with Gasteiger partial charge >= 0.3 is 0 Å². The molecule has 0 bridgehead atoms. The second-order valence-electron chi connectivity index (χ2n) is 4.92. The van der Waals surface area contributed by atoms with E-state index in [2.05, 4.69) is 53.3 Å². The van der Waals surface area contributed by atoms with E-state index in [1.165, 1.54) is 11.1 Å². The van der Waals surface area contributed by atoms with Gasteiger partial charge in [0.1, 0.15) is 0 Å². The van der Waals surface area contributed by atoms with Crippen LogP contribution in [0.2, 0.25) is 0 Å². The van der Waals surface area contributed by atoms with Crippen LogP contribution in [-0.2, 0) is 11.3 Å². The molecule has 0 amide bonds. The maximum absolute atomic E-state index is 9.11. The van der Waals surface area contributed by atoms with Gasteiger partial charge in [0.2, 0.25) is 0 Å². The molecule has 2 N–H and O–H groups in total. The molecule has 0 aromatic heterocycles. The second-order valence-corrected chi connectivity index (χ2v) is 5.77. The van der Waals surface area contributed by atoms with Crippen LogP contribution in [-0.4, -0.2) is 31.0 Å². The maximum Gasteiger partial charge on any atom is 0.0642 e. The zero-order valence-electron chi connectivity index (χ0n) is 11.3. The molecule has 0 saturated heterocycles. The van der Waals surface area contributed by atoms with E-state index in [9.17, 15) is 0 Å². The fourth-order valence-corrected chi connectivity index (χ4v) is 2.51. The normalized spacial score (nSPS) is 14.5. The summed E-state index contributed by atoms with van der Waals surface area (Å²) < 4.78 is 6.32. The Morgan fingerprint density at radius 3 is 2.72 bits per heavy atom. The number of benzene rings is 1. The van der Waals surface area contributed by atoms with Crippen LogP contribution in [0.1, 0.15) is 24.5 Å². The summed E-state index contributed by atoms with van der Waals surface area (Å²) in [7, 11) is 1.68. The molecule has 0 heterocycles. The molecule has 18 heavy (non-hydrogen) atoms. The highest BCUT2D eigenvalue weighted by molar-refractivity contribution is 9.10. The summed E-state index contributed by atoms with van der Waals surface area (Å²) >= 11 is 3.57. The van der Waals surface area contributed by atoms with Crippen molar-refractivity contribution in [3.05, 3.63) is 33.8 Å². The Balaban J connectivity index is 2.66. The van der Waals surface area contributed by atoms with E-state index >= 15 is 0 Å². The van der Waals surface area contributed by atoms with Gasteiger partial charge in [0.15, 0.2) is 0 Å². The van der Waals surface area contributed by atoms with Gasteiger partial charge in [-0.1, -0.05) is 28.1 Å². The summed E-state index contributed by atoms with van der Waals surface area (Å²) in [4.78, 5) is 0. The number of hydrogen-bond donors (Lipinski definition) is 2. The van der Waals surface area contributed by atoms with Crippen molar-refractivity contribution in [2.75, 3.05) is 20.3 Å². The maximum atomic E-state index is 9.11. The molecule has 102 valence electrons. The number of rotatable bonds is 7. The third kappa shape index (κ3) is 4.69. The quantitative estimate of drug-likeness (QED) is 0.812. The van der Waals surface area contributed by atoms with E-state index in [1.54, 1.807) is 7.11 Å². The van der Waals surface area contributed by atoms with Crippen LogP contribution in [0.25, 0.3) is 0 Å². The summed E-state index contributed by atoms with van der Waals surface area (Å²) in [6, 6.07) is 6.32. The lowest BCUT2D eigenvalue weighted by Gasteiger charge is -2.30. The highest BCUT2D eigenvalue weighted by atomic mass is 79.9. The van der Waals surface area contributed by atoms with Gasteiger partial charge in [0, 0.05) is 30.3 Å². The molecule has 3 nitrogen and oxygen atoms in total. The molecule has 0 fully saturated rings. The fourth-order valence-electron chi connectivity index (χ4n) is 1.88. The fraction of sp³-hybridized carbons (Fsp3) is 0.571. The van der Waals surface area contributed by atoms with Crippen molar-refractivity contribution in [2.45, 2.75) is 32.4 Å². The van der Waals surface area contributed by atoms with E-state index in [1.807, 2.05) is 0 Å². The van der Waals surface area contributed by atoms with Crippen molar-refractivity contribution in [3.63, 3.8) is 0 Å². The molecule has 1 aromatic rings. The van der Waals surface area contributed by atoms with Crippen LogP contribution in [0.15, 0.2) is 22.7 Å². The van der Waals surface area contributed by atoms with Gasteiger partial charge < -0.3 is 15.2 Å². The Bertz CT molecular complexity index is 376. The zero-order valence-corrected chi connectivity index (χ0v) is 12.9. The van der Waals surface area contributed by atoms with Crippen molar-refractivity contribution < 1.29 is 9.84 Å². The van der Waals surface area contributed by atoms with Crippen molar-refractivity contribution in [1.82, 2.24) is 5.32 Å². The van der Waals surface area contributed by atoms with Crippen molar-refractivity contribution in [3.8, 4) is 0 Å². The molecule has 0 aliphatic heterocycles. The lowest BCUT2D eigenvalue weighted by molar-refractivity contribution is 0.0969. The first-order valence-corrected chi connectivity index (χ1v) is 6.90. The van der Waals surface area contributed by atoms with Crippen molar-refractivity contribution >= 4 is 15.9 Å². The predicted molar refractivity (Wildman–Crippen MR) is 77.7 cm³/mol. The van der Waals surface area contributed by atoms with Gasteiger partial charge in [0.25, 0.3) is 0 Å². The standard InChI is InChI=1S/C14H22BrNO2/c1-11-4-5-12(13(15)8-11)9-16-14(2,6-7-17)10-18-3/h4-5,8,16-17H,6-7,9-10H2,1-3H3/t14-/m1/s1. The molecule has 0 aliphatic rings. The number of aryl methyl sites for hydroxylation is 1. The third-order valence-corrected chi connectivity index (χ3v) is 3.78. The van der Waals surface area contributed by atoms with Gasteiger partial charge in [-0.05, 0) is 37.5 Å². The molecular weight excluding hydrogens is 294 g/mol. The summed E-state index contributed by atoms with van der Waals surface area (Å²) in [5.74, 6) is 0. The largest absolute Gasteiger partial charge is 0.396 e. The number of hydrogen-bond acceptors (Lipinski definition) is 3. The molecule has 1 rings (SSSR count). The summed E-state index contributed by atoms with van der Waals surface area (Å²) in [6.07, 6.45) is 0.671. The van der Waals surface area contributed by atoms with E-state index in [0.717, 1.165) is 11.0 Å². The number of halogens is 1. The van der Waals surface area contributed by atoms with Crippen molar-refractivity contribution in [1.29, 1.82) is 0 Å². The lowest BCUT2D eigenvalue weighted by Crippen LogP contribution is -2.46. The number of aliphatic hydroxyl groups excluding tert-OH is 1. The first-order chi connectivity index (χ1) is 8.50. The first kappa shape index (κ1) is 15.6. The van der Waals surface area contributed by atoms with Gasteiger partial charge in [-0.3, -0.25) is 0 Å². The Morgan fingerprint density at radius 2 is 2.17 bits per heavy atom. The third-order valence-electron chi connectivity index (χ3n) is 3.04. The van der Waals surface area contributed by atoms with Crippen LogP contribution >= 0.6 is 15.9 Å².